The van der Waals surface area contributed by atoms with Crippen LogP contribution in [0.3, 0.4) is 0 Å². The molecule has 3 aromatic carbocycles. The zero-order chi connectivity index (χ0) is 32.3. The summed E-state index contributed by atoms with van der Waals surface area (Å²) in [5, 5.41) is 11.3. The normalized spacial score (nSPS) is 16.1. The molecule has 0 saturated carbocycles. The summed E-state index contributed by atoms with van der Waals surface area (Å²) < 4.78 is 35.2. The number of nitrogens with zero attached hydrogens (tertiary/aromatic N) is 1. The van der Waals surface area contributed by atoms with E-state index in [1.165, 1.54) is 6.20 Å². The van der Waals surface area contributed by atoms with E-state index in [1.807, 2.05) is 48.5 Å². The van der Waals surface area contributed by atoms with Gasteiger partial charge in [0.25, 0.3) is 0 Å². The van der Waals surface area contributed by atoms with Gasteiger partial charge in [-0.05, 0) is 78.9 Å². The molecule has 11 heteroatoms. The molecule has 0 aromatic heterocycles. The van der Waals surface area contributed by atoms with E-state index in [9.17, 15) is 10.0 Å². The first kappa shape index (κ1) is 34.3. The van der Waals surface area contributed by atoms with Gasteiger partial charge in [-0.15, -0.1) is 11.8 Å². The van der Waals surface area contributed by atoms with Gasteiger partial charge in [0.2, 0.25) is 11.7 Å². The first-order valence-corrected chi connectivity index (χ1v) is 16.0. The highest BCUT2D eigenvalue weighted by Crippen LogP contribution is 2.47. The Hall–Kier alpha value is -3.57. The summed E-state index contributed by atoms with van der Waals surface area (Å²) in [7, 11) is 6.37. The molecule has 4 rings (SSSR count). The van der Waals surface area contributed by atoms with Crippen LogP contribution in [0.25, 0.3) is 0 Å². The van der Waals surface area contributed by atoms with Gasteiger partial charge in [0.1, 0.15) is 0 Å². The molecule has 0 bridgehead atoms. The smallest absolute Gasteiger partial charge is 0.249 e. The minimum absolute atomic E-state index is 0.179. The molecule has 1 aliphatic rings. The number of rotatable bonds is 15. The maximum atomic E-state index is 11.9. The second-order valence-corrected chi connectivity index (χ2v) is 11.8. The summed E-state index contributed by atoms with van der Waals surface area (Å²) in [6.07, 6.45) is 4.86. The average Bonchev–Trinajstić information content (AvgIpc) is 3.57. The lowest BCUT2D eigenvalue weighted by molar-refractivity contribution is -0.153. The lowest BCUT2D eigenvalue weighted by atomic mass is 9.99. The highest BCUT2D eigenvalue weighted by atomic mass is 35.5. The van der Waals surface area contributed by atoms with Crippen molar-refractivity contribution < 1.29 is 38.4 Å². The minimum atomic E-state index is -0.398. The molecule has 1 fully saturated rings. The number of hydroxylamine groups is 2. The summed E-state index contributed by atoms with van der Waals surface area (Å²) in [4.78, 5) is 12.9. The molecule has 0 spiro atoms. The third-order valence-corrected chi connectivity index (χ3v) is 8.61. The molecule has 1 saturated heterocycles. The lowest BCUT2D eigenvalue weighted by Crippen LogP contribution is -2.20. The summed E-state index contributed by atoms with van der Waals surface area (Å²) in [6, 6.07) is 15.5. The van der Waals surface area contributed by atoms with E-state index in [0.717, 1.165) is 34.4 Å². The van der Waals surface area contributed by atoms with Crippen LogP contribution >= 0.6 is 23.4 Å². The Kier molecular flexibility index (Phi) is 12.7. The number of halogens is 1. The first-order chi connectivity index (χ1) is 21.8. The van der Waals surface area contributed by atoms with Crippen LogP contribution in [0.2, 0.25) is 5.02 Å². The van der Waals surface area contributed by atoms with Crippen molar-refractivity contribution in [2.24, 2.45) is 0 Å². The summed E-state index contributed by atoms with van der Waals surface area (Å²) >= 11 is 7.67. The predicted octanol–water partition coefficient (Wildman–Crippen LogP) is 7.82. The molecule has 3 aromatic rings. The van der Waals surface area contributed by atoms with Gasteiger partial charge >= 0.3 is 0 Å². The van der Waals surface area contributed by atoms with Crippen molar-refractivity contribution in [1.29, 1.82) is 0 Å². The van der Waals surface area contributed by atoms with E-state index in [-0.39, 0.29) is 18.6 Å². The van der Waals surface area contributed by atoms with Crippen LogP contribution in [0, 0.1) is 0 Å². The van der Waals surface area contributed by atoms with Crippen LogP contribution < -0.4 is 23.7 Å². The van der Waals surface area contributed by atoms with Crippen molar-refractivity contribution >= 4 is 29.3 Å². The van der Waals surface area contributed by atoms with E-state index < -0.39 is 5.91 Å². The third-order valence-electron chi connectivity index (χ3n) is 7.38. The fourth-order valence-corrected chi connectivity index (χ4v) is 5.97. The first-order valence-electron chi connectivity index (χ1n) is 14.7. The number of carbonyl (C=O) groups excluding carboxylic acids is 1. The summed E-state index contributed by atoms with van der Waals surface area (Å²) in [5.41, 5.74) is 2.72. The predicted molar refractivity (Wildman–Crippen MR) is 174 cm³/mol. The molecule has 0 radical (unpaired) electrons. The quantitative estimate of drug-likeness (QED) is 0.0759. The van der Waals surface area contributed by atoms with Crippen molar-refractivity contribution in [2.75, 3.05) is 40.8 Å². The Labute approximate surface area is 273 Å². The van der Waals surface area contributed by atoms with Crippen molar-refractivity contribution in [2.45, 2.75) is 49.7 Å². The number of benzene rings is 3. The van der Waals surface area contributed by atoms with Gasteiger partial charge in [-0.3, -0.25) is 10.0 Å². The maximum absolute atomic E-state index is 11.9. The number of ether oxygens (including phenoxy) is 6. The topological polar surface area (TPSA) is 95.9 Å². The van der Waals surface area contributed by atoms with Crippen molar-refractivity contribution in [1.82, 2.24) is 5.06 Å². The molecule has 1 amide bonds. The molecule has 0 aliphatic carbocycles. The zero-order valence-corrected chi connectivity index (χ0v) is 27.8. The Morgan fingerprint density at radius 2 is 1.51 bits per heavy atom. The van der Waals surface area contributed by atoms with Gasteiger partial charge in [0.15, 0.2) is 23.0 Å². The molecular formula is C34H40ClNO8S. The molecule has 242 valence electrons. The van der Waals surface area contributed by atoms with Gasteiger partial charge in [-0.25, -0.2) is 0 Å². The Bertz CT molecular complexity index is 1440. The monoisotopic (exact) mass is 657 g/mol. The van der Waals surface area contributed by atoms with Crippen LogP contribution in [0.5, 0.6) is 28.7 Å². The zero-order valence-electron chi connectivity index (χ0n) is 26.2. The SMILES string of the molecule is CCC(=O)N(O)C=CCc1cc(C2CCC(c3cc(OC)c(OC)c(OC)c3)O2)cc(OC)c1OCCSc1ccc(Cl)cc1. The number of amides is 1. The molecule has 1 N–H and O–H groups in total. The van der Waals surface area contributed by atoms with Gasteiger partial charge in [0, 0.05) is 33.9 Å². The second-order valence-electron chi connectivity index (χ2n) is 10.2. The second kappa shape index (κ2) is 16.7. The minimum Gasteiger partial charge on any atom is -0.493 e. The van der Waals surface area contributed by atoms with E-state index in [1.54, 1.807) is 53.2 Å². The van der Waals surface area contributed by atoms with Crippen molar-refractivity contribution in [3.63, 3.8) is 0 Å². The molecular weight excluding hydrogens is 618 g/mol. The van der Waals surface area contributed by atoms with Crippen LogP contribution in [0.1, 0.15) is 55.1 Å². The highest BCUT2D eigenvalue weighted by molar-refractivity contribution is 7.99. The fraction of sp³-hybridized carbons (Fsp3) is 0.382. The highest BCUT2D eigenvalue weighted by Gasteiger charge is 2.31. The van der Waals surface area contributed by atoms with Crippen molar-refractivity contribution in [3.05, 3.63) is 82.5 Å². The molecule has 2 atom stereocenters. The van der Waals surface area contributed by atoms with E-state index in [4.69, 9.17) is 40.0 Å². The number of hydrogen-bond acceptors (Lipinski definition) is 9. The van der Waals surface area contributed by atoms with E-state index >= 15 is 0 Å². The average molecular weight is 658 g/mol. The van der Waals surface area contributed by atoms with Crippen LogP contribution in [-0.4, -0.2) is 57.0 Å². The Morgan fingerprint density at radius 3 is 2.07 bits per heavy atom. The molecule has 2 unspecified atom stereocenters. The van der Waals surface area contributed by atoms with E-state index in [0.29, 0.717) is 57.6 Å². The largest absolute Gasteiger partial charge is 0.493 e. The molecule has 9 nitrogen and oxygen atoms in total. The maximum Gasteiger partial charge on any atom is 0.249 e. The van der Waals surface area contributed by atoms with Crippen LogP contribution in [0.15, 0.2) is 65.7 Å². The van der Waals surface area contributed by atoms with Gasteiger partial charge in [0.05, 0.1) is 47.3 Å². The Balaban J connectivity index is 1.56. The number of carbonyl (C=O) groups is 1. The molecule has 45 heavy (non-hydrogen) atoms. The summed E-state index contributed by atoms with van der Waals surface area (Å²) in [5.74, 6) is 3.18. The third kappa shape index (κ3) is 8.79. The standard InChI is InChI=1S/C34H40ClNO8S/c1-6-32(37)36(38)15-7-8-22-18-23(19-29(39-2)33(22)43-16-17-45-26-11-9-25(35)10-12-26)27-13-14-28(44-27)24-20-30(40-3)34(42-5)31(21-24)41-4/h7,9-12,15,18-21,27-28,38H,6,8,13-14,16-17H2,1-5H3. The molecule has 1 heterocycles. The van der Waals surface area contributed by atoms with Gasteiger partial charge in [-0.2, -0.15) is 5.06 Å². The lowest BCUT2D eigenvalue weighted by Gasteiger charge is -2.20. The van der Waals surface area contributed by atoms with Crippen molar-refractivity contribution in [3.8, 4) is 28.7 Å². The summed E-state index contributed by atoms with van der Waals surface area (Å²) in [6.45, 7) is 2.12. The van der Waals surface area contributed by atoms with Gasteiger partial charge in [-0.1, -0.05) is 24.6 Å². The number of hydrogen-bond donors (Lipinski definition) is 1. The molecule has 1 aliphatic heterocycles. The van der Waals surface area contributed by atoms with Crippen LogP contribution in [0.4, 0.5) is 0 Å². The van der Waals surface area contributed by atoms with Crippen LogP contribution in [-0.2, 0) is 16.0 Å². The van der Waals surface area contributed by atoms with Gasteiger partial charge < -0.3 is 28.4 Å². The fourth-order valence-electron chi connectivity index (χ4n) is 5.11. The number of methoxy groups -OCH3 is 4. The Morgan fingerprint density at radius 1 is 0.933 bits per heavy atom. The number of thioether (sulfide) groups is 1. The van der Waals surface area contributed by atoms with E-state index in [2.05, 4.69) is 0 Å². The number of allylic oxidation sites excluding steroid dienone is 1.